The van der Waals surface area contributed by atoms with Crippen molar-refractivity contribution in [3.05, 3.63) is 23.1 Å². The third kappa shape index (κ3) is 4.15. The Labute approximate surface area is 191 Å². The summed E-state index contributed by atoms with van der Waals surface area (Å²) in [7, 11) is 0. The molecule has 9 nitrogen and oxygen atoms in total. The summed E-state index contributed by atoms with van der Waals surface area (Å²) in [5.74, 6) is 0.418. The van der Waals surface area contributed by atoms with Crippen LogP contribution in [0.15, 0.2) is 6.07 Å². The highest BCUT2D eigenvalue weighted by Crippen LogP contribution is 2.41. The van der Waals surface area contributed by atoms with Crippen LogP contribution in [0.3, 0.4) is 0 Å². The number of nitrogens with one attached hydrogen (secondary N) is 2. The fourth-order valence-electron chi connectivity index (χ4n) is 4.21. The maximum Gasteiger partial charge on any atom is 0.225 e. The summed E-state index contributed by atoms with van der Waals surface area (Å²) >= 11 is 1.51. The molecule has 1 aliphatic carbocycles. The van der Waals surface area contributed by atoms with Crippen molar-refractivity contribution < 1.29 is 15.3 Å². The van der Waals surface area contributed by atoms with Gasteiger partial charge in [-0.15, -0.1) is 11.3 Å². The van der Waals surface area contributed by atoms with Crippen molar-refractivity contribution in [3.8, 4) is 10.6 Å². The summed E-state index contributed by atoms with van der Waals surface area (Å²) in [6.45, 7) is 9.56. The molecule has 0 bridgehead atoms. The standard InChI is InChI=1S/C22H30N6O3S/c1-10(2)23-21-25-12(4)16(20-26-17-13(5)24-11(3)8-15(17)32-20)19(27-21)28-22(31)7-6-14(9-29)18(22)30/h8,10,14,18,29-31H,6-7,9H2,1-5H3,(H2,23,25,27,28). The molecule has 0 amide bonds. The highest BCUT2D eigenvalue weighted by molar-refractivity contribution is 7.21. The normalized spacial score (nSPS) is 23.3. The molecule has 0 saturated heterocycles. The Morgan fingerprint density at radius 1 is 1.16 bits per heavy atom. The molecule has 3 unspecified atom stereocenters. The van der Waals surface area contributed by atoms with Gasteiger partial charge < -0.3 is 26.0 Å². The first kappa shape index (κ1) is 22.8. The van der Waals surface area contributed by atoms with Crippen LogP contribution in [0.5, 0.6) is 0 Å². The highest BCUT2D eigenvalue weighted by Gasteiger charge is 2.47. The molecule has 172 valence electrons. The number of nitrogens with zero attached hydrogens (tertiary/aromatic N) is 4. The van der Waals surface area contributed by atoms with E-state index in [4.69, 9.17) is 4.98 Å². The van der Waals surface area contributed by atoms with Crippen LogP contribution in [0.2, 0.25) is 0 Å². The predicted molar refractivity (Wildman–Crippen MR) is 126 cm³/mol. The van der Waals surface area contributed by atoms with Gasteiger partial charge in [0.2, 0.25) is 5.95 Å². The zero-order chi connectivity index (χ0) is 23.2. The molecular weight excluding hydrogens is 428 g/mol. The van der Waals surface area contributed by atoms with Gasteiger partial charge in [0.25, 0.3) is 0 Å². The number of fused-ring (bicyclic) bond motifs is 1. The number of rotatable bonds is 6. The summed E-state index contributed by atoms with van der Waals surface area (Å²) in [4.78, 5) is 18.6. The van der Waals surface area contributed by atoms with E-state index >= 15 is 0 Å². The second-order valence-corrected chi connectivity index (χ2v) is 9.88. The molecule has 3 atom stereocenters. The van der Waals surface area contributed by atoms with Crippen LogP contribution in [-0.2, 0) is 0 Å². The molecule has 0 spiro atoms. The SMILES string of the molecule is Cc1cc2sc(-c3c(C)nc(NC(C)C)nc3NC3(O)CCC(CO)C3O)nc2c(C)n1. The lowest BCUT2D eigenvalue weighted by atomic mass is 10.0. The van der Waals surface area contributed by atoms with Gasteiger partial charge in [-0.1, -0.05) is 0 Å². The van der Waals surface area contributed by atoms with E-state index in [1.165, 1.54) is 11.3 Å². The lowest BCUT2D eigenvalue weighted by Gasteiger charge is -2.31. The van der Waals surface area contributed by atoms with Crippen LogP contribution in [0.25, 0.3) is 20.8 Å². The lowest BCUT2D eigenvalue weighted by molar-refractivity contribution is -0.0545. The van der Waals surface area contributed by atoms with Gasteiger partial charge in [0.1, 0.15) is 22.4 Å². The van der Waals surface area contributed by atoms with E-state index in [2.05, 4.69) is 25.6 Å². The molecule has 0 aromatic carbocycles. The minimum Gasteiger partial charge on any atom is -0.396 e. The molecule has 32 heavy (non-hydrogen) atoms. The van der Waals surface area contributed by atoms with E-state index in [-0.39, 0.29) is 19.1 Å². The van der Waals surface area contributed by atoms with Crippen LogP contribution < -0.4 is 10.6 Å². The molecular formula is C22H30N6O3S. The van der Waals surface area contributed by atoms with Crippen LogP contribution in [0.1, 0.15) is 43.8 Å². The van der Waals surface area contributed by atoms with E-state index in [1.807, 2.05) is 40.7 Å². The van der Waals surface area contributed by atoms with E-state index < -0.39 is 17.7 Å². The molecule has 1 saturated carbocycles. The van der Waals surface area contributed by atoms with Crippen LogP contribution in [0.4, 0.5) is 11.8 Å². The molecule has 5 N–H and O–H groups in total. The Bertz CT molecular complexity index is 1150. The van der Waals surface area contributed by atoms with Crippen LogP contribution >= 0.6 is 11.3 Å². The van der Waals surface area contributed by atoms with Crippen molar-refractivity contribution in [2.45, 2.75) is 65.3 Å². The first-order chi connectivity index (χ1) is 15.1. The van der Waals surface area contributed by atoms with Gasteiger partial charge in [0.05, 0.1) is 21.7 Å². The number of aliphatic hydroxyl groups is 3. The quantitative estimate of drug-likeness (QED) is 0.353. The van der Waals surface area contributed by atoms with Crippen molar-refractivity contribution >= 4 is 33.3 Å². The first-order valence-electron chi connectivity index (χ1n) is 10.8. The average Bonchev–Trinajstić information content (AvgIpc) is 3.22. The zero-order valence-electron chi connectivity index (χ0n) is 19.0. The molecule has 0 aliphatic heterocycles. The van der Waals surface area contributed by atoms with Crippen molar-refractivity contribution in [3.63, 3.8) is 0 Å². The van der Waals surface area contributed by atoms with E-state index in [9.17, 15) is 15.3 Å². The van der Waals surface area contributed by atoms with Crippen LogP contribution in [0, 0.1) is 26.7 Å². The number of aryl methyl sites for hydroxylation is 3. The minimum absolute atomic E-state index is 0.117. The second kappa shape index (κ2) is 8.51. The Hall–Kier alpha value is -2.40. The number of hydrogen-bond donors (Lipinski definition) is 5. The van der Waals surface area contributed by atoms with E-state index in [1.54, 1.807) is 0 Å². The van der Waals surface area contributed by atoms with Crippen molar-refractivity contribution in [2.24, 2.45) is 5.92 Å². The fourth-order valence-corrected chi connectivity index (χ4v) is 5.42. The van der Waals surface area contributed by atoms with Gasteiger partial charge in [-0.2, -0.15) is 4.98 Å². The van der Waals surface area contributed by atoms with Gasteiger partial charge in [-0.3, -0.25) is 4.98 Å². The molecule has 3 heterocycles. The largest absolute Gasteiger partial charge is 0.396 e. The second-order valence-electron chi connectivity index (χ2n) is 8.85. The molecule has 0 radical (unpaired) electrons. The van der Waals surface area contributed by atoms with E-state index in [0.29, 0.717) is 34.5 Å². The Morgan fingerprint density at radius 2 is 1.91 bits per heavy atom. The van der Waals surface area contributed by atoms with Gasteiger partial charge >= 0.3 is 0 Å². The minimum atomic E-state index is -1.61. The number of aliphatic hydroxyl groups excluding tert-OH is 2. The summed E-state index contributed by atoms with van der Waals surface area (Å²) in [6.07, 6.45) is -0.332. The van der Waals surface area contributed by atoms with Gasteiger partial charge in [-0.05, 0) is 53.5 Å². The third-order valence-corrected chi connectivity index (χ3v) is 6.82. The zero-order valence-corrected chi connectivity index (χ0v) is 19.8. The summed E-state index contributed by atoms with van der Waals surface area (Å²) in [5.41, 5.74) is 2.36. The first-order valence-corrected chi connectivity index (χ1v) is 11.6. The average molecular weight is 459 g/mol. The fraction of sp³-hybridized carbons (Fsp3) is 0.545. The smallest absolute Gasteiger partial charge is 0.225 e. The van der Waals surface area contributed by atoms with Crippen molar-refractivity contribution in [1.82, 2.24) is 19.9 Å². The topological polar surface area (TPSA) is 136 Å². The number of pyridine rings is 1. The molecule has 10 heteroatoms. The van der Waals surface area contributed by atoms with Crippen molar-refractivity contribution in [2.75, 3.05) is 17.2 Å². The number of anilines is 2. The Morgan fingerprint density at radius 3 is 2.56 bits per heavy atom. The number of thiazole rings is 1. The summed E-state index contributed by atoms with van der Waals surface area (Å²) in [5, 5.41) is 38.4. The number of aromatic nitrogens is 4. The molecule has 3 aromatic heterocycles. The Balaban J connectivity index is 1.84. The van der Waals surface area contributed by atoms with Crippen LogP contribution in [-0.4, -0.2) is 59.7 Å². The van der Waals surface area contributed by atoms with Gasteiger partial charge in [-0.25, -0.2) is 9.97 Å². The molecule has 1 aliphatic rings. The highest BCUT2D eigenvalue weighted by atomic mass is 32.1. The van der Waals surface area contributed by atoms with Gasteiger partial charge in [0, 0.05) is 24.3 Å². The maximum atomic E-state index is 11.2. The van der Waals surface area contributed by atoms with E-state index in [0.717, 1.165) is 21.6 Å². The summed E-state index contributed by atoms with van der Waals surface area (Å²) in [6, 6.07) is 2.12. The molecule has 1 fully saturated rings. The Kier molecular flexibility index (Phi) is 6.06. The van der Waals surface area contributed by atoms with Gasteiger partial charge in [0.15, 0.2) is 5.72 Å². The predicted octanol–water partition coefficient (Wildman–Crippen LogP) is 2.76. The molecule has 4 rings (SSSR count). The third-order valence-electron chi connectivity index (χ3n) is 5.80. The summed E-state index contributed by atoms with van der Waals surface area (Å²) < 4.78 is 1.01. The monoisotopic (exact) mass is 458 g/mol. The maximum absolute atomic E-state index is 11.2. The number of hydrogen-bond acceptors (Lipinski definition) is 10. The van der Waals surface area contributed by atoms with Crippen molar-refractivity contribution in [1.29, 1.82) is 0 Å². The molecule has 3 aromatic rings. The lowest BCUT2D eigenvalue weighted by Crippen LogP contribution is -2.48.